The Hall–Kier alpha value is -1.14. The van der Waals surface area contributed by atoms with Crippen LogP contribution in [0.1, 0.15) is 21.5 Å². The van der Waals surface area contributed by atoms with Crippen LogP contribution in [0.2, 0.25) is 0 Å². The molecule has 0 aliphatic heterocycles. The summed E-state index contributed by atoms with van der Waals surface area (Å²) in [6, 6.07) is 11.8. The van der Waals surface area contributed by atoms with Crippen LogP contribution in [0.3, 0.4) is 0 Å². The van der Waals surface area contributed by atoms with Crippen LogP contribution in [0.15, 0.2) is 46.9 Å². The molecule has 0 aliphatic carbocycles. The fourth-order valence-corrected chi connectivity index (χ4v) is 2.15. The Balaban J connectivity index is 0.00000220. The van der Waals surface area contributed by atoms with Crippen molar-refractivity contribution in [2.75, 3.05) is 5.73 Å². The summed E-state index contributed by atoms with van der Waals surface area (Å²) in [6.45, 7) is 0. The van der Waals surface area contributed by atoms with Crippen molar-refractivity contribution in [3.63, 3.8) is 0 Å². The van der Waals surface area contributed by atoms with E-state index in [1.165, 1.54) is 0 Å². The molecule has 103 valence electrons. The number of hydrogen-bond acceptors (Lipinski definition) is 3. The van der Waals surface area contributed by atoms with Crippen LogP contribution in [0, 0.1) is 0 Å². The number of carboxylic acids is 1. The molecule has 0 saturated heterocycles. The van der Waals surface area contributed by atoms with Crippen molar-refractivity contribution in [3.05, 3.63) is 63.6 Å². The minimum atomic E-state index is -0.982. The van der Waals surface area contributed by atoms with Crippen molar-refractivity contribution in [3.8, 4) is 0 Å². The average Bonchev–Trinajstić information content (AvgIpc) is 2.41. The first-order chi connectivity index (χ1) is 9.49. The Kier molecular flexibility index (Phi) is 6.61. The number of para-hydroxylation sites is 1. The molecule has 6 heteroatoms. The molecule has 0 fully saturated rings. The first-order valence-electron chi connectivity index (χ1n) is 5.88. The molecule has 0 aliphatic rings. The Morgan fingerprint density at radius 1 is 1.10 bits per heavy atom. The van der Waals surface area contributed by atoms with Gasteiger partial charge in [-0.25, -0.2) is 0 Å². The molecule has 4 nitrogen and oxygen atoms in total. The second-order valence-corrected chi connectivity index (χ2v) is 5.20. The molecular weight excluding hydrogens is 345 g/mol. The van der Waals surface area contributed by atoms with Crippen molar-refractivity contribution in [2.24, 2.45) is 0 Å². The number of anilines is 1. The molecule has 0 saturated carbocycles. The Labute approximate surface area is 152 Å². The van der Waals surface area contributed by atoms with Gasteiger partial charge in [0.05, 0.1) is 6.42 Å². The smallest absolute Gasteiger partial charge is 0.307 e. The van der Waals surface area contributed by atoms with Crippen molar-refractivity contribution in [1.82, 2.24) is 0 Å². The van der Waals surface area contributed by atoms with Gasteiger partial charge in [0.15, 0.2) is 5.78 Å². The molecule has 2 rings (SSSR count). The van der Waals surface area contributed by atoms with Crippen LogP contribution >= 0.6 is 15.9 Å². The largest absolute Gasteiger partial charge is 0.481 e. The predicted octanol–water partition coefficient (Wildman–Crippen LogP) is 2.51. The van der Waals surface area contributed by atoms with E-state index < -0.39 is 5.97 Å². The molecule has 0 unspecified atom stereocenters. The molecule has 0 heterocycles. The van der Waals surface area contributed by atoms with Crippen LogP contribution in [0.5, 0.6) is 0 Å². The van der Waals surface area contributed by atoms with Gasteiger partial charge in [0.1, 0.15) is 0 Å². The zero-order valence-electron chi connectivity index (χ0n) is 11.5. The molecule has 2 aromatic rings. The van der Waals surface area contributed by atoms with Crippen molar-refractivity contribution in [1.29, 1.82) is 0 Å². The molecule has 1 radical (unpaired) electrons. The van der Waals surface area contributed by atoms with Crippen LogP contribution in [-0.4, -0.2) is 46.4 Å². The van der Waals surface area contributed by atoms with E-state index in [9.17, 15) is 9.59 Å². The van der Waals surface area contributed by atoms with Crippen LogP contribution in [0.25, 0.3) is 0 Å². The third-order valence-electron chi connectivity index (χ3n) is 2.89. The van der Waals surface area contributed by atoms with Gasteiger partial charge in [-0.1, -0.05) is 28.1 Å². The summed E-state index contributed by atoms with van der Waals surface area (Å²) in [5, 5.41) is 8.82. The molecule has 0 bridgehead atoms. The second kappa shape index (κ2) is 7.75. The van der Waals surface area contributed by atoms with E-state index in [0.717, 1.165) is 4.47 Å². The summed E-state index contributed by atoms with van der Waals surface area (Å²) in [6.07, 6.45) is -0.201. The molecular formula is C15H12BrNNaO3. The normalized spacial score (nSPS) is 9.76. The Morgan fingerprint density at radius 3 is 2.29 bits per heavy atom. The maximum Gasteiger partial charge on any atom is 0.307 e. The van der Waals surface area contributed by atoms with Gasteiger partial charge in [-0.2, -0.15) is 0 Å². The van der Waals surface area contributed by atoms with Gasteiger partial charge in [0, 0.05) is 50.8 Å². The topological polar surface area (TPSA) is 80.4 Å². The fraction of sp³-hybridized carbons (Fsp3) is 0.0667. The van der Waals surface area contributed by atoms with Gasteiger partial charge < -0.3 is 10.8 Å². The number of benzene rings is 2. The molecule has 0 amide bonds. The zero-order valence-corrected chi connectivity index (χ0v) is 15.1. The second-order valence-electron chi connectivity index (χ2n) is 4.28. The minimum absolute atomic E-state index is 0. The Morgan fingerprint density at radius 2 is 1.71 bits per heavy atom. The third-order valence-corrected chi connectivity index (χ3v) is 3.42. The summed E-state index contributed by atoms with van der Waals surface area (Å²) in [5.74, 6) is -1.20. The van der Waals surface area contributed by atoms with E-state index in [0.29, 0.717) is 16.7 Å². The average molecular weight is 357 g/mol. The molecule has 0 spiro atoms. The number of nitrogen functional groups attached to an aromatic ring is 1. The summed E-state index contributed by atoms with van der Waals surface area (Å²) in [5.41, 5.74) is 7.41. The maximum absolute atomic E-state index is 12.4. The fourth-order valence-electron chi connectivity index (χ4n) is 1.88. The number of carboxylic acid groups (broad SMARTS) is 1. The van der Waals surface area contributed by atoms with Gasteiger partial charge in [-0.15, -0.1) is 0 Å². The van der Waals surface area contributed by atoms with E-state index >= 15 is 0 Å². The van der Waals surface area contributed by atoms with Crippen LogP contribution in [0.4, 0.5) is 5.69 Å². The van der Waals surface area contributed by atoms with Gasteiger partial charge in [0.2, 0.25) is 0 Å². The summed E-state index contributed by atoms with van der Waals surface area (Å²) in [4.78, 5) is 23.1. The van der Waals surface area contributed by atoms with Gasteiger partial charge >= 0.3 is 5.97 Å². The monoisotopic (exact) mass is 356 g/mol. The van der Waals surface area contributed by atoms with Gasteiger partial charge in [-0.05, 0) is 35.9 Å². The minimum Gasteiger partial charge on any atom is -0.481 e. The number of nitrogens with two attached hydrogens (primary N) is 1. The van der Waals surface area contributed by atoms with E-state index in [4.69, 9.17) is 10.8 Å². The number of carbonyl (C=O) groups is 2. The number of carbonyl (C=O) groups excluding carboxylic acids is 1. The molecule has 0 aromatic heterocycles. The molecule has 2 aromatic carbocycles. The number of ketones is 1. The molecule has 0 atom stereocenters. The SMILES string of the molecule is Nc1c(CC(=O)O)cccc1C(=O)c1ccc(Br)cc1.[Na]. The first kappa shape index (κ1) is 17.9. The van der Waals surface area contributed by atoms with E-state index in [2.05, 4.69) is 15.9 Å². The van der Waals surface area contributed by atoms with Crippen molar-refractivity contribution in [2.45, 2.75) is 6.42 Å². The number of hydrogen-bond donors (Lipinski definition) is 2. The number of halogens is 1. The standard InChI is InChI=1S/C15H12BrNO3.Na/c16-11-6-4-9(5-7-11)15(20)12-3-1-2-10(14(12)17)8-13(18)19;/h1-7H,8,17H2,(H,18,19);. The summed E-state index contributed by atoms with van der Waals surface area (Å²) >= 11 is 3.30. The maximum atomic E-state index is 12.4. The summed E-state index contributed by atoms with van der Waals surface area (Å²) < 4.78 is 0.877. The zero-order chi connectivity index (χ0) is 14.7. The van der Waals surface area contributed by atoms with E-state index in [-0.39, 0.29) is 47.4 Å². The number of rotatable bonds is 4. The third kappa shape index (κ3) is 4.41. The van der Waals surface area contributed by atoms with Crippen molar-refractivity contribution < 1.29 is 14.7 Å². The van der Waals surface area contributed by atoms with E-state index in [1.54, 1.807) is 42.5 Å². The van der Waals surface area contributed by atoms with Gasteiger partial charge in [-0.3, -0.25) is 9.59 Å². The summed E-state index contributed by atoms with van der Waals surface area (Å²) in [7, 11) is 0. The van der Waals surface area contributed by atoms with Crippen molar-refractivity contribution >= 4 is 62.9 Å². The quantitative estimate of drug-likeness (QED) is 0.501. The molecule has 21 heavy (non-hydrogen) atoms. The Bertz CT molecular complexity index is 671. The van der Waals surface area contributed by atoms with Crippen LogP contribution in [-0.2, 0) is 11.2 Å². The number of aliphatic carboxylic acids is 1. The van der Waals surface area contributed by atoms with E-state index in [1.807, 2.05) is 0 Å². The first-order valence-corrected chi connectivity index (χ1v) is 6.68. The molecule has 3 N–H and O–H groups in total. The van der Waals surface area contributed by atoms with Gasteiger partial charge in [0.25, 0.3) is 0 Å². The van der Waals surface area contributed by atoms with Crippen LogP contribution < -0.4 is 5.73 Å². The predicted molar refractivity (Wildman–Crippen MR) is 85.5 cm³/mol.